The molecule has 2 rings (SSSR count). The maximum Gasteiger partial charge on any atom is 0.251 e. The van der Waals surface area contributed by atoms with Crippen LogP contribution >= 0.6 is 0 Å². The Morgan fingerprint density at radius 3 is 3.16 bits per heavy atom. The molecular formula is C15H22N2O2. The van der Waals surface area contributed by atoms with Crippen LogP contribution in [0.2, 0.25) is 0 Å². The summed E-state index contributed by atoms with van der Waals surface area (Å²) in [6.45, 7) is 4.09. The van der Waals surface area contributed by atoms with Crippen molar-refractivity contribution in [2.75, 3.05) is 13.1 Å². The summed E-state index contributed by atoms with van der Waals surface area (Å²) in [6.07, 6.45) is 2.08. The summed E-state index contributed by atoms with van der Waals surface area (Å²) >= 11 is 0. The van der Waals surface area contributed by atoms with Crippen molar-refractivity contribution in [3.63, 3.8) is 0 Å². The number of aliphatic hydroxyl groups is 1. The summed E-state index contributed by atoms with van der Waals surface area (Å²) in [7, 11) is 0. The largest absolute Gasteiger partial charge is 0.391 e. The van der Waals surface area contributed by atoms with Crippen LogP contribution in [0.15, 0.2) is 18.2 Å². The van der Waals surface area contributed by atoms with Crippen LogP contribution in [0.4, 0.5) is 0 Å². The molecule has 1 unspecified atom stereocenters. The number of nitrogens with one attached hydrogen (secondary N) is 2. The van der Waals surface area contributed by atoms with Crippen LogP contribution in [0.3, 0.4) is 0 Å². The molecule has 0 saturated carbocycles. The van der Waals surface area contributed by atoms with E-state index in [0.29, 0.717) is 6.54 Å². The van der Waals surface area contributed by atoms with Gasteiger partial charge in [-0.2, -0.15) is 0 Å². The van der Waals surface area contributed by atoms with Crippen molar-refractivity contribution in [2.45, 2.75) is 38.8 Å². The second kappa shape index (κ2) is 6.68. The number of amides is 1. The normalized spacial score (nSPS) is 15.7. The van der Waals surface area contributed by atoms with Crippen LogP contribution < -0.4 is 10.6 Å². The maximum absolute atomic E-state index is 12.2. The van der Waals surface area contributed by atoms with Crippen molar-refractivity contribution in [1.82, 2.24) is 10.6 Å². The average Bonchev–Trinajstić information content (AvgIpc) is 2.44. The SMILES string of the molecule is CCCC(O)CNC(=O)c1cccc2c1CCNC2. The molecule has 1 heterocycles. The summed E-state index contributed by atoms with van der Waals surface area (Å²) < 4.78 is 0. The Bertz CT molecular complexity index is 446. The van der Waals surface area contributed by atoms with E-state index in [1.807, 2.05) is 19.1 Å². The first-order chi connectivity index (χ1) is 9.22. The minimum absolute atomic E-state index is 0.0751. The third kappa shape index (κ3) is 3.55. The smallest absolute Gasteiger partial charge is 0.251 e. The quantitative estimate of drug-likeness (QED) is 0.748. The Balaban J connectivity index is 2.03. The van der Waals surface area contributed by atoms with E-state index in [4.69, 9.17) is 0 Å². The molecule has 1 aliphatic heterocycles. The van der Waals surface area contributed by atoms with Crippen LogP contribution in [0, 0.1) is 0 Å². The number of hydrogen-bond acceptors (Lipinski definition) is 3. The molecule has 0 saturated heterocycles. The molecule has 104 valence electrons. The summed E-state index contributed by atoms with van der Waals surface area (Å²) in [6, 6.07) is 5.85. The highest BCUT2D eigenvalue weighted by molar-refractivity contribution is 5.96. The van der Waals surface area contributed by atoms with Crippen LogP contribution in [0.5, 0.6) is 0 Å². The van der Waals surface area contributed by atoms with Gasteiger partial charge in [-0.25, -0.2) is 0 Å². The molecule has 4 heteroatoms. The molecular weight excluding hydrogens is 240 g/mol. The minimum atomic E-state index is -0.449. The molecule has 1 aromatic rings. The van der Waals surface area contributed by atoms with Crippen molar-refractivity contribution < 1.29 is 9.90 Å². The zero-order valence-electron chi connectivity index (χ0n) is 11.4. The number of fused-ring (bicyclic) bond motifs is 1. The van der Waals surface area contributed by atoms with E-state index in [2.05, 4.69) is 16.7 Å². The zero-order valence-corrected chi connectivity index (χ0v) is 11.4. The molecule has 0 aromatic heterocycles. The molecule has 1 atom stereocenters. The number of rotatable bonds is 5. The second-order valence-corrected chi connectivity index (χ2v) is 5.02. The molecule has 1 aromatic carbocycles. The summed E-state index contributed by atoms with van der Waals surface area (Å²) in [5.41, 5.74) is 3.10. The third-order valence-corrected chi connectivity index (χ3v) is 3.51. The first kappa shape index (κ1) is 14.0. The van der Waals surface area contributed by atoms with E-state index in [-0.39, 0.29) is 5.91 Å². The molecule has 0 fully saturated rings. The van der Waals surface area contributed by atoms with Gasteiger partial charge in [-0.1, -0.05) is 25.5 Å². The van der Waals surface area contributed by atoms with Crippen molar-refractivity contribution in [3.8, 4) is 0 Å². The Morgan fingerprint density at radius 1 is 1.53 bits per heavy atom. The first-order valence-electron chi connectivity index (χ1n) is 7.00. The van der Waals surface area contributed by atoms with Gasteiger partial charge in [-0.3, -0.25) is 4.79 Å². The summed E-state index contributed by atoms with van der Waals surface area (Å²) in [5, 5.41) is 15.8. The van der Waals surface area contributed by atoms with E-state index in [1.54, 1.807) is 0 Å². The molecule has 1 aliphatic rings. The Kier molecular flexibility index (Phi) is 4.93. The lowest BCUT2D eigenvalue weighted by Crippen LogP contribution is -2.34. The molecule has 0 spiro atoms. The highest BCUT2D eigenvalue weighted by atomic mass is 16.3. The van der Waals surface area contributed by atoms with Gasteiger partial charge >= 0.3 is 0 Å². The van der Waals surface area contributed by atoms with Crippen LogP contribution in [-0.2, 0) is 13.0 Å². The molecule has 1 amide bonds. The third-order valence-electron chi connectivity index (χ3n) is 3.51. The molecule has 3 N–H and O–H groups in total. The van der Waals surface area contributed by atoms with Gasteiger partial charge in [0.15, 0.2) is 0 Å². The predicted molar refractivity (Wildman–Crippen MR) is 75.1 cm³/mol. The highest BCUT2D eigenvalue weighted by Gasteiger charge is 2.17. The van der Waals surface area contributed by atoms with Gasteiger partial charge in [-0.05, 0) is 36.6 Å². The fraction of sp³-hybridized carbons (Fsp3) is 0.533. The Labute approximate surface area is 114 Å². The van der Waals surface area contributed by atoms with E-state index < -0.39 is 6.10 Å². The van der Waals surface area contributed by atoms with Gasteiger partial charge in [0.2, 0.25) is 0 Å². The Hall–Kier alpha value is -1.39. The first-order valence-corrected chi connectivity index (χ1v) is 7.00. The fourth-order valence-corrected chi connectivity index (χ4v) is 2.49. The molecule has 0 bridgehead atoms. The number of benzene rings is 1. The van der Waals surface area contributed by atoms with E-state index >= 15 is 0 Å². The monoisotopic (exact) mass is 262 g/mol. The van der Waals surface area contributed by atoms with E-state index in [0.717, 1.165) is 43.5 Å². The number of carbonyl (C=O) groups excluding carboxylic acids is 1. The maximum atomic E-state index is 12.2. The molecule has 4 nitrogen and oxygen atoms in total. The van der Waals surface area contributed by atoms with Gasteiger partial charge in [-0.15, -0.1) is 0 Å². The number of aliphatic hydroxyl groups excluding tert-OH is 1. The second-order valence-electron chi connectivity index (χ2n) is 5.02. The van der Waals surface area contributed by atoms with Crippen molar-refractivity contribution in [1.29, 1.82) is 0 Å². The summed E-state index contributed by atoms with van der Waals surface area (Å²) in [4.78, 5) is 12.2. The van der Waals surface area contributed by atoms with Gasteiger partial charge in [0.05, 0.1) is 6.10 Å². The molecule has 19 heavy (non-hydrogen) atoms. The minimum Gasteiger partial charge on any atom is -0.391 e. The molecule has 0 aliphatic carbocycles. The fourth-order valence-electron chi connectivity index (χ4n) is 2.49. The average molecular weight is 262 g/mol. The van der Waals surface area contributed by atoms with Crippen molar-refractivity contribution in [3.05, 3.63) is 34.9 Å². The standard InChI is InChI=1S/C15H22N2O2/c1-2-4-12(18)10-17-15(19)14-6-3-5-11-9-16-8-7-13(11)14/h3,5-6,12,16,18H,2,4,7-10H2,1H3,(H,17,19). The van der Waals surface area contributed by atoms with Crippen LogP contribution in [-0.4, -0.2) is 30.2 Å². The molecule has 0 radical (unpaired) electrons. The highest BCUT2D eigenvalue weighted by Crippen LogP contribution is 2.18. The zero-order chi connectivity index (χ0) is 13.7. The summed E-state index contributed by atoms with van der Waals surface area (Å²) in [5.74, 6) is -0.0751. The predicted octanol–water partition coefficient (Wildman–Crippen LogP) is 1.22. The lowest BCUT2D eigenvalue weighted by molar-refractivity contribution is 0.0909. The number of hydrogen-bond donors (Lipinski definition) is 3. The van der Waals surface area contributed by atoms with Gasteiger partial charge in [0.25, 0.3) is 5.91 Å². The van der Waals surface area contributed by atoms with Gasteiger partial charge in [0, 0.05) is 18.7 Å². The van der Waals surface area contributed by atoms with E-state index in [1.165, 1.54) is 5.56 Å². The van der Waals surface area contributed by atoms with Gasteiger partial charge < -0.3 is 15.7 Å². The Morgan fingerprint density at radius 2 is 2.37 bits per heavy atom. The van der Waals surface area contributed by atoms with Crippen LogP contribution in [0.1, 0.15) is 41.3 Å². The van der Waals surface area contributed by atoms with Gasteiger partial charge in [0.1, 0.15) is 0 Å². The lowest BCUT2D eigenvalue weighted by Gasteiger charge is -2.20. The van der Waals surface area contributed by atoms with E-state index in [9.17, 15) is 9.90 Å². The van der Waals surface area contributed by atoms with Crippen molar-refractivity contribution in [2.24, 2.45) is 0 Å². The number of carbonyl (C=O) groups is 1. The lowest BCUT2D eigenvalue weighted by atomic mass is 9.95. The van der Waals surface area contributed by atoms with Crippen molar-refractivity contribution >= 4 is 5.91 Å². The van der Waals surface area contributed by atoms with Crippen LogP contribution in [0.25, 0.3) is 0 Å². The topological polar surface area (TPSA) is 61.4 Å².